The van der Waals surface area contributed by atoms with Crippen molar-refractivity contribution in [3.05, 3.63) is 54.6 Å². The van der Waals surface area contributed by atoms with E-state index in [1.165, 1.54) is 0 Å². The van der Waals surface area contributed by atoms with Crippen LogP contribution in [-0.2, 0) is 0 Å². The highest BCUT2D eigenvalue weighted by Gasteiger charge is 2.09. The highest BCUT2D eigenvalue weighted by atomic mass is 16.7. The number of benzene rings is 2. The van der Waals surface area contributed by atoms with Crippen LogP contribution in [0.2, 0.25) is 0 Å². The first-order valence-electron chi connectivity index (χ1n) is 6.39. The smallest absolute Gasteiger partial charge is 0.238 e. The quantitative estimate of drug-likeness (QED) is 0.736. The van der Waals surface area contributed by atoms with Crippen LogP contribution in [0.5, 0.6) is 17.2 Å². The van der Waals surface area contributed by atoms with Crippen LogP contribution in [0, 0.1) is 0 Å². The molecule has 0 amide bonds. The van der Waals surface area contributed by atoms with E-state index in [0.717, 1.165) is 11.5 Å². The molecular weight excluding hydrogens is 240 g/mol. The van der Waals surface area contributed by atoms with Crippen molar-refractivity contribution < 1.29 is 14.2 Å². The van der Waals surface area contributed by atoms with Gasteiger partial charge in [-0.05, 0) is 31.2 Å². The van der Waals surface area contributed by atoms with Crippen molar-refractivity contribution in [3.8, 4) is 17.2 Å². The van der Waals surface area contributed by atoms with Crippen LogP contribution in [0.3, 0.4) is 0 Å². The summed E-state index contributed by atoms with van der Waals surface area (Å²) in [6.07, 6.45) is -0.385. The van der Waals surface area contributed by atoms with Gasteiger partial charge in [0.2, 0.25) is 6.29 Å². The second-order valence-electron chi connectivity index (χ2n) is 4.00. The summed E-state index contributed by atoms with van der Waals surface area (Å²) >= 11 is 0. The van der Waals surface area contributed by atoms with Gasteiger partial charge < -0.3 is 14.2 Å². The Morgan fingerprint density at radius 1 is 0.842 bits per heavy atom. The van der Waals surface area contributed by atoms with Gasteiger partial charge in [0.1, 0.15) is 5.75 Å². The molecule has 0 fully saturated rings. The molecule has 0 aliphatic rings. The van der Waals surface area contributed by atoms with E-state index in [2.05, 4.69) is 0 Å². The maximum Gasteiger partial charge on any atom is 0.238 e. The SMILES string of the molecule is CCOc1ccccc1OC(C)Oc1ccccc1. The minimum absolute atomic E-state index is 0.385. The third kappa shape index (κ3) is 3.91. The van der Waals surface area contributed by atoms with E-state index in [4.69, 9.17) is 14.2 Å². The molecule has 0 spiro atoms. The molecule has 0 radical (unpaired) electrons. The Morgan fingerprint density at radius 3 is 2.16 bits per heavy atom. The lowest BCUT2D eigenvalue weighted by atomic mass is 10.3. The monoisotopic (exact) mass is 258 g/mol. The number of para-hydroxylation sites is 3. The number of hydrogen-bond donors (Lipinski definition) is 0. The maximum absolute atomic E-state index is 5.75. The zero-order valence-corrected chi connectivity index (χ0v) is 11.2. The van der Waals surface area contributed by atoms with Crippen LogP contribution in [0.4, 0.5) is 0 Å². The molecule has 100 valence electrons. The average molecular weight is 258 g/mol. The zero-order valence-electron chi connectivity index (χ0n) is 11.2. The first-order valence-corrected chi connectivity index (χ1v) is 6.39. The fourth-order valence-corrected chi connectivity index (χ4v) is 1.72. The van der Waals surface area contributed by atoms with Crippen LogP contribution in [-0.4, -0.2) is 12.9 Å². The largest absolute Gasteiger partial charge is 0.490 e. The molecular formula is C16H18O3. The molecule has 1 unspecified atom stereocenters. The molecule has 2 aromatic carbocycles. The van der Waals surface area contributed by atoms with Crippen molar-refractivity contribution in [1.82, 2.24) is 0 Å². The predicted molar refractivity (Wildman–Crippen MR) is 74.8 cm³/mol. The fraction of sp³-hybridized carbons (Fsp3) is 0.250. The minimum atomic E-state index is -0.385. The van der Waals surface area contributed by atoms with Crippen LogP contribution >= 0.6 is 0 Å². The molecule has 0 bridgehead atoms. The van der Waals surface area contributed by atoms with Crippen molar-refractivity contribution in [3.63, 3.8) is 0 Å². The van der Waals surface area contributed by atoms with Crippen LogP contribution < -0.4 is 14.2 Å². The molecule has 3 heteroatoms. The topological polar surface area (TPSA) is 27.7 Å². The molecule has 1 atom stereocenters. The van der Waals surface area contributed by atoms with Gasteiger partial charge in [0.05, 0.1) is 6.61 Å². The Bertz CT molecular complexity index is 496. The summed E-state index contributed by atoms with van der Waals surface area (Å²) in [6, 6.07) is 17.2. The molecule has 0 aliphatic carbocycles. The van der Waals surface area contributed by atoms with Gasteiger partial charge in [-0.1, -0.05) is 30.3 Å². The molecule has 19 heavy (non-hydrogen) atoms. The number of ether oxygens (including phenoxy) is 3. The minimum Gasteiger partial charge on any atom is -0.490 e. The van der Waals surface area contributed by atoms with Gasteiger partial charge in [-0.3, -0.25) is 0 Å². The third-order valence-corrected chi connectivity index (χ3v) is 2.49. The average Bonchev–Trinajstić information content (AvgIpc) is 2.42. The molecule has 2 aromatic rings. The van der Waals surface area contributed by atoms with E-state index in [1.54, 1.807) is 0 Å². The van der Waals surface area contributed by atoms with Crippen LogP contribution in [0.25, 0.3) is 0 Å². The Morgan fingerprint density at radius 2 is 1.47 bits per heavy atom. The van der Waals surface area contributed by atoms with Crippen LogP contribution in [0.15, 0.2) is 54.6 Å². The Balaban J connectivity index is 2.00. The molecule has 0 heterocycles. The van der Waals surface area contributed by atoms with Gasteiger partial charge >= 0.3 is 0 Å². The second-order valence-corrected chi connectivity index (χ2v) is 4.00. The molecule has 2 rings (SSSR count). The lowest BCUT2D eigenvalue weighted by molar-refractivity contribution is 0.0199. The lowest BCUT2D eigenvalue weighted by Gasteiger charge is -2.18. The van der Waals surface area contributed by atoms with Gasteiger partial charge in [-0.2, -0.15) is 0 Å². The van der Waals surface area contributed by atoms with Crippen molar-refractivity contribution in [1.29, 1.82) is 0 Å². The van der Waals surface area contributed by atoms with E-state index in [9.17, 15) is 0 Å². The predicted octanol–water partition coefficient (Wildman–Crippen LogP) is 3.89. The van der Waals surface area contributed by atoms with Crippen LogP contribution in [0.1, 0.15) is 13.8 Å². The Kier molecular flexibility index (Phi) is 4.67. The van der Waals surface area contributed by atoms with Gasteiger partial charge in [0, 0.05) is 6.92 Å². The standard InChI is InChI=1S/C16H18O3/c1-3-17-15-11-7-8-12-16(15)19-13(2)18-14-9-5-4-6-10-14/h4-13H,3H2,1-2H3. The van der Waals surface area contributed by atoms with Crippen molar-refractivity contribution in [2.75, 3.05) is 6.61 Å². The van der Waals surface area contributed by atoms with Crippen molar-refractivity contribution in [2.45, 2.75) is 20.1 Å². The van der Waals surface area contributed by atoms with Crippen molar-refractivity contribution in [2.24, 2.45) is 0 Å². The number of hydrogen-bond acceptors (Lipinski definition) is 3. The van der Waals surface area contributed by atoms with Gasteiger partial charge in [-0.25, -0.2) is 0 Å². The van der Waals surface area contributed by atoms with E-state index >= 15 is 0 Å². The maximum atomic E-state index is 5.75. The highest BCUT2D eigenvalue weighted by molar-refractivity contribution is 5.39. The molecule has 0 N–H and O–H groups in total. The summed E-state index contributed by atoms with van der Waals surface area (Å²) in [6.45, 7) is 4.41. The van der Waals surface area contributed by atoms with E-state index in [-0.39, 0.29) is 6.29 Å². The van der Waals surface area contributed by atoms with Gasteiger partial charge in [0.25, 0.3) is 0 Å². The Labute approximate surface area is 113 Å². The summed E-state index contributed by atoms with van der Waals surface area (Å²) in [5.74, 6) is 2.20. The second kappa shape index (κ2) is 6.69. The van der Waals surface area contributed by atoms with Crippen molar-refractivity contribution >= 4 is 0 Å². The summed E-state index contributed by atoms with van der Waals surface area (Å²) in [5, 5.41) is 0. The highest BCUT2D eigenvalue weighted by Crippen LogP contribution is 2.27. The Hall–Kier alpha value is -2.16. The number of rotatable bonds is 6. The summed E-state index contributed by atoms with van der Waals surface area (Å²) in [4.78, 5) is 0. The van der Waals surface area contributed by atoms with E-state index < -0.39 is 0 Å². The fourth-order valence-electron chi connectivity index (χ4n) is 1.72. The summed E-state index contributed by atoms with van der Waals surface area (Å²) in [5.41, 5.74) is 0. The molecule has 0 aliphatic heterocycles. The van der Waals surface area contributed by atoms with Gasteiger partial charge in [0.15, 0.2) is 11.5 Å². The van der Waals surface area contributed by atoms with Gasteiger partial charge in [-0.15, -0.1) is 0 Å². The normalized spacial score (nSPS) is 11.7. The summed E-state index contributed by atoms with van der Waals surface area (Å²) in [7, 11) is 0. The molecule has 0 saturated heterocycles. The third-order valence-electron chi connectivity index (χ3n) is 2.49. The molecule has 0 saturated carbocycles. The van der Waals surface area contributed by atoms with E-state index in [0.29, 0.717) is 12.4 Å². The summed E-state index contributed by atoms with van der Waals surface area (Å²) < 4.78 is 16.9. The first kappa shape index (κ1) is 13.3. The lowest BCUT2D eigenvalue weighted by Crippen LogP contribution is -2.19. The van der Waals surface area contributed by atoms with E-state index in [1.807, 2.05) is 68.4 Å². The molecule has 0 aromatic heterocycles. The first-order chi connectivity index (χ1) is 9.29. The zero-order chi connectivity index (χ0) is 13.5. The molecule has 3 nitrogen and oxygen atoms in total.